The number of benzene rings is 2. The summed E-state index contributed by atoms with van der Waals surface area (Å²) in [4.78, 5) is 0. The van der Waals surface area contributed by atoms with Crippen LogP contribution in [0.25, 0.3) is 11.1 Å². The van der Waals surface area contributed by atoms with Gasteiger partial charge in [0.25, 0.3) is 0 Å². The van der Waals surface area contributed by atoms with Crippen LogP contribution in [-0.2, 0) is 11.3 Å². The Labute approximate surface area is 96.7 Å². The van der Waals surface area contributed by atoms with Gasteiger partial charge in [0.15, 0.2) is 0 Å². The molecule has 2 rings (SSSR count). The van der Waals surface area contributed by atoms with Gasteiger partial charge in [-0.05, 0) is 29.2 Å². The molecule has 0 heterocycles. The summed E-state index contributed by atoms with van der Waals surface area (Å²) >= 11 is 0. The second kappa shape index (κ2) is 4.95. The summed E-state index contributed by atoms with van der Waals surface area (Å²) in [7, 11) is 1.73. The van der Waals surface area contributed by atoms with Crippen molar-refractivity contribution in [1.29, 1.82) is 0 Å². The lowest BCUT2D eigenvalue weighted by Gasteiger charge is -2.10. The standard InChI is InChI=1S/C15H16O/c1-12-14(11-16-2)9-6-10-15(12)13-7-4-3-5-8-13/h3-10H,11H2,1-2H3. The van der Waals surface area contributed by atoms with E-state index < -0.39 is 0 Å². The highest BCUT2D eigenvalue weighted by Gasteiger charge is 2.04. The van der Waals surface area contributed by atoms with Crippen LogP contribution in [0, 0.1) is 6.92 Å². The molecule has 0 saturated heterocycles. The maximum Gasteiger partial charge on any atom is 0.0715 e. The van der Waals surface area contributed by atoms with Crippen LogP contribution in [0.15, 0.2) is 48.5 Å². The van der Waals surface area contributed by atoms with Crippen LogP contribution in [-0.4, -0.2) is 7.11 Å². The molecule has 0 unspecified atom stereocenters. The largest absolute Gasteiger partial charge is 0.380 e. The lowest BCUT2D eigenvalue weighted by atomic mass is 9.97. The third-order valence-corrected chi connectivity index (χ3v) is 2.83. The minimum absolute atomic E-state index is 0.673. The summed E-state index contributed by atoms with van der Waals surface area (Å²) in [5.41, 5.74) is 5.10. The predicted molar refractivity (Wildman–Crippen MR) is 67.3 cm³/mol. The highest BCUT2D eigenvalue weighted by molar-refractivity contribution is 5.68. The van der Waals surface area contributed by atoms with E-state index in [-0.39, 0.29) is 0 Å². The fraction of sp³-hybridized carbons (Fsp3) is 0.200. The van der Waals surface area contributed by atoms with Gasteiger partial charge in [-0.25, -0.2) is 0 Å². The summed E-state index contributed by atoms with van der Waals surface area (Å²) in [6, 6.07) is 16.8. The molecule has 16 heavy (non-hydrogen) atoms. The average Bonchev–Trinajstić information content (AvgIpc) is 2.33. The second-order valence-corrected chi connectivity index (χ2v) is 3.89. The van der Waals surface area contributed by atoms with E-state index in [0.717, 1.165) is 0 Å². The van der Waals surface area contributed by atoms with Gasteiger partial charge in [0.05, 0.1) is 6.61 Å². The molecule has 0 aromatic heterocycles. The Balaban J connectivity index is 2.46. The first-order valence-electron chi connectivity index (χ1n) is 5.46. The molecule has 0 amide bonds. The van der Waals surface area contributed by atoms with Crippen LogP contribution in [0.2, 0.25) is 0 Å². The fourth-order valence-corrected chi connectivity index (χ4v) is 1.93. The second-order valence-electron chi connectivity index (χ2n) is 3.89. The molecule has 82 valence electrons. The topological polar surface area (TPSA) is 9.23 Å². The van der Waals surface area contributed by atoms with E-state index >= 15 is 0 Å². The van der Waals surface area contributed by atoms with Gasteiger partial charge in [0, 0.05) is 7.11 Å². The number of hydrogen-bond acceptors (Lipinski definition) is 1. The van der Waals surface area contributed by atoms with Gasteiger partial charge in [0.1, 0.15) is 0 Å². The van der Waals surface area contributed by atoms with Crippen molar-refractivity contribution < 1.29 is 4.74 Å². The molecule has 0 atom stereocenters. The lowest BCUT2D eigenvalue weighted by Crippen LogP contribution is -1.93. The van der Waals surface area contributed by atoms with Crippen molar-refractivity contribution in [3.8, 4) is 11.1 Å². The monoisotopic (exact) mass is 212 g/mol. The maximum atomic E-state index is 5.20. The van der Waals surface area contributed by atoms with Crippen molar-refractivity contribution in [3.05, 3.63) is 59.7 Å². The van der Waals surface area contributed by atoms with E-state index in [2.05, 4.69) is 49.4 Å². The Morgan fingerprint density at radius 2 is 1.69 bits per heavy atom. The van der Waals surface area contributed by atoms with E-state index in [1.807, 2.05) is 6.07 Å². The van der Waals surface area contributed by atoms with Crippen LogP contribution >= 0.6 is 0 Å². The van der Waals surface area contributed by atoms with Gasteiger partial charge < -0.3 is 4.74 Å². The van der Waals surface area contributed by atoms with Crippen molar-refractivity contribution in [1.82, 2.24) is 0 Å². The summed E-state index contributed by atoms with van der Waals surface area (Å²) in [6.45, 7) is 2.82. The zero-order valence-corrected chi connectivity index (χ0v) is 9.73. The Hall–Kier alpha value is -1.60. The molecule has 0 bridgehead atoms. The zero-order valence-electron chi connectivity index (χ0n) is 9.73. The molecule has 2 aromatic carbocycles. The molecule has 0 saturated carbocycles. The van der Waals surface area contributed by atoms with Gasteiger partial charge in [-0.3, -0.25) is 0 Å². The normalized spacial score (nSPS) is 10.4. The number of rotatable bonds is 3. The molecular formula is C15H16O. The summed E-state index contributed by atoms with van der Waals surface area (Å²) in [5.74, 6) is 0. The average molecular weight is 212 g/mol. The van der Waals surface area contributed by atoms with Gasteiger partial charge in [-0.2, -0.15) is 0 Å². The first kappa shape index (κ1) is 10.9. The van der Waals surface area contributed by atoms with Crippen LogP contribution < -0.4 is 0 Å². The van der Waals surface area contributed by atoms with E-state index in [9.17, 15) is 0 Å². The number of ether oxygens (including phenoxy) is 1. The van der Waals surface area contributed by atoms with E-state index in [0.29, 0.717) is 6.61 Å². The molecule has 0 fully saturated rings. The third-order valence-electron chi connectivity index (χ3n) is 2.83. The predicted octanol–water partition coefficient (Wildman–Crippen LogP) is 3.81. The minimum Gasteiger partial charge on any atom is -0.380 e. The molecule has 0 aliphatic rings. The van der Waals surface area contributed by atoms with E-state index in [4.69, 9.17) is 4.74 Å². The van der Waals surface area contributed by atoms with Gasteiger partial charge in [-0.15, -0.1) is 0 Å². The van der Waals surface area contributed by atoms with Gasteiger partial charge in [-0.1, -0.05) is 48.5 Å². The Morgan fingerprint density at radius 3 is 2.38 bits per heavy atom. The molecule has 0 spiro atoms. The molecule has 0 radical (unpaired) electrons. The van der Waals surface area contributed by atoms with Crippen LogP contribution in [0.4, 0.5) is 0 Å². The van der Waals surface area contributed by atoms with E-state index in [1.165, 1.54) is 22.3 Å². The molecule has 0 aliphatic heterocycles. The molecule has 1 heteroatoms. The highest BCUT2D eigenvalue weighted by Crippen LogP contribution is 2.25. The molecule has 0 N–H and O–H groups in total. The summed E-state index contributed by atoms with van der Waals surface area (Å²) < 4.78 is 5.20. The first-order chi connectivity index (χ1) is 7.83. The van der Waals surface area contributed by atoms with Crippen molar-refractivity contribution in [2.24, 2.45) is 0 Å². The minimum atomic E-state index is 0.673. The SMILES string of the molecule is COCc1cccc(-c2ccccc2)c1C. The van der Waals surface area contributed by atoms with Crippen LogP contribution in [0.3, 0.4) is 0 Å². The maximum absolute atomic E-state index is 5.20. The van der Waals surface area contributed by atoms with Crippen molar-refractivity contribution in [2.75, 3.05) is 7.11 Å². The van der Waals surface area contributed by atoms with Crippen molar-refractivity contribution >= 4 is 0 Å². The summed E-state index contributed by atoms with van der Waals surface area (Å²) in [5, 5.41) is 0. The van der Waals surface area contributed by atoms with Gasteiger partial charge in [0.2, 0.25) is 0 Å². The third kappa shape index (κ3) is 2.15. The molecule has 2 aromatic rings. The van der Waals surface area contributed by atoms with Crippen molar-refractivity contribution in [3.63, 3.8) is 0 Å². The Morgan fingerprint density at radius 1 is 0.938 bits per heavy atom. The number of hydrogen-bond donors (Lipinski definition) is 0. The first-order valence-corrected chi connectivity index (χ1v) is 5.46. The Bertz CT molecular complexity index is 460. The fourth-order valence-electron chi connectivity index (χ4n) is 1.93. The van der Waals surface area contributed by atoms with Gasteiger partial charge >= 0.3 is 0 Å². The highest BCUT2D eigenvalue weighted by atomic mass is 16.5. The molecular weight excluding hydrogens is 196 g/mol. The van der Waals surface area contributed by atoms with Crippen LogP contribution in [0.1, 0.15) is 11.1 Å². The molecule has 0 aliphatic carbocycles. The summed E-state index contributed by atoms with van der Waals surface area (Å²) in [6.07, 6.45) is 0. The Kier molecular flexibility index (Phi) is 3.37. The smallest absolute Gasteiger partial charge is 0.0715 e. The quantitative estimate of drug-likeness (QED) is 0.751. The molecule has 1 nitrogen and oxygen atoms in total. The zero-order chi connectivity index (χ0) is 11.4. The lowest BCUT2D eigenvalue weighted by molar-refractivity contribution is 0.184. The van der Waals surface area contributed by atoms with Crippen molar-refractivity contribution in [2.45, 2.75) is 13.5 Å². The van der Waals surface area contributed by atoms with Crippen LogP contribution in [0.5, 0.6) is 0 Å². The van der Waals surface area contributed by atoms with E-state index in [1.54, 1.807) is 7.11 Å². The number of methoxy groups -OCH3 is 1.